The van der Waals surface area contributed by atoms with Crippen LogP contribution in [0.1, 0.15) is 18.4 Å². The summed E-state index contributed by atoms with van der Waals surface area (Å²) in [5.74, 6) is 0.127. The molecule has 0 saturated carbocycles. The van der Waals surface area contributed by atoms with E-state index < -0.39 is 10.0 Å². The summed E-state index contributed by atoms with van der Waals surface area (Å²) in [6, 6.07) is 5.20. The molecular weight excluding hydrogens is 252 g/mol. The van der Waals surface area contributed by atoms with Gasteiger partial charge in [-0.1, -0.05) is 0 Å². The minimum Gasteiger partial charge on any atom is -0.312 e. The van der Waals surface area contributed by atoms with Gasteiger partial charge in [0.05, 0.1) is 6.26 Å². The van der Waals surface area contributed by atoms with Crippen molar-refractivity contribution in [2.75, 3.05) is 22.4 Å². The van der Waals surface area contributed by atoms with Crippen molar-refractivity contribution in [1.82, 2.24) is 0 Å². The number of aryl methyl sites for hydroxylation is 1. The summed E-state index contributed by atoms with van der Waals surface area (Å²) < 4.78 is 24.7. The molecule has 0 bridgehead atoms. The van der Waals surface area contributed by atoms with Crippen LogP contribution < -0.4 is 9.62 Å². The Balaban J connectivity index is 2.28. The number of amides is 1. The summed E-state index contributed by atoms with van der Waals surface area (Å²) in [4.78, 5) is 13.4. The monoisotopic (exact) mass is 268 g/mol. The Bertz CT molecular complexity index is 581. The number of sulfonamides is 1. The molecule has 0 aliphatic carbocycles. The number of carbonyl (C=O) groups is 1. The molecule has 1 amide bonds. The van der Waals surface area contributed by atoms with E-state index in [0.717, 1.165) is 30.5 Å². The van der Waals surface area contributed by atoms with E-state index in [1.165, 1.54) is 0 Å². The third kappa shape index (κ3) is 2.81. The lowest BCUT2D eigenvalue weighted by atomic mass is 10.1. The first kappa shape index (κ1) is 12.9. The smallest absolute Gasteiger partial charge is 0.229 e. The average Bonchev–Trinajstić information content (AvgIpc) is 2.62. The fraction of sp³-hybridized carbons (Fsp3) is 0.417. The van der Waals surface area contributed by atoms with Crippen LogP contribution in [0, 0.1) is 6.92 Å². The first-order valence-corrected chi connectivity index (χ1v) is 7.65. The molecule has 0 spiro atoms. The number of benzene rings is 1. The fourth-order valence-electron chi connectivity index (χ4n) is 2.14. The summed E-state index contributed by atoms with van der Waals surface area (Å²) in [7, 11) is -3.27. The molecule has 5 nitrogen and oxygen atoms in total. The van der Waals surface area contributed by atoms with E-state index in [0.29, 0.717) is 12.1 Å². The molecule has 1 fully saturated rings. The summed E-state index contributed by atoms with van der Waals surface area (Å²) >= 11 is 0. The van der Waals surface area contributed by atoms with Crippen LogP contribution in [0.15, 0.2) is 18.2 Å². The van der Waals surface area contributed by atoms with E-state index in [4.69, 9.17) is 0 Å². The van der Waals surface area contributed by atoms with Crippen LogP contribution in [0.5, 0.6) is 0 Å². The van der Waals surface area contributed by atoms with Gasteiger partial charge in [0.25, 0.3) is 0 Å². The molecule has 1 saturated heterocycles. The Morgan fingerprint density at radius 3 is 2.56 bits per heavy atom. The quantitative estimate of drug-likeness (QED) is 0.903. The molecule has 1 N–H and O–H groups in total. The third-order valence-corrected chi connectivity index (χ3v) is 3.47. The number of hydrogen-bond donors (Lipinski definition) is 1. The Labute approximate surface area is 107 Å². The molecule has 0 aromatic heterocycles. The lowest BCUT2D eigenvalue weighted by Crippen LogP contribution is -2.24. The molecule has 98 valence electrons. The van der Waals surface area contributed by atoms with Crippen LogP contribution in [-0.2, 0) is 14.8 Å². The van der Waals surface area contributed by atoms with Gasteiger partial charge in [-0.2, -0.15) is 0 Å². The SMILES string of the molecule is Cc1cc(NS(C)(=O)=O)ccc1N1CCCC1=O. The topological polar surface area (TPSA) is 66.5 Å². The molecule has 6 heteroatoms. The average molecular weight is 268 g/mol. The van der Waals surface area contributed by atoms with Crippen LogP contribution in [0.3, 0.4) is 0 Å². The number of anilines is 2. The van der Waals surface area contributed by atoms with Crippen molar-refractivity contribution in [1.29, 1.82) is 0 Å². The van der Waals surface area contributed by atoms with Crippen LogP contribution >= 0.6 is 0 Å². The Kier molecular flexibility index (Phi) is 3.30. The van der Waals surface area contributed by atoms with Gasteiger partial charge >= 0.3 is 0 Å². The third-order valence-electron chi connectivity index (χ3n) is 2.86. The first-order chi connectivity index (χ1) is 8.37. The normalized spacial score (nSPS) is 16.1. The Morgan fingerprint density at radius 2 is 2.06 bits per heavy atom. The molecule has 0 unspecified atom stereocenters. The fourth-order valence-corrected chi connectivity index (χ4v) is 2.69. The van der Waals surface area contributed by atoms with Gasteiger partial charge in [0.1, 0.15) is 0 Å². The number of rotatable bonds is 3. The molecule has 1 aliphatic rings. The maximum atomic E-state index is 11.7. The standard InChI is InChI=1S/C12H16N2O3S/c1-9-8-10(13-18(2,16)17)5-6-11(9)14-7-3-4-12(14)15/h5-6,8,13H,3-4,7H2,1-2H3. The van der Waals surface area contributed by atoms with E-state index in [-0.39, 0.29) is 5.91 Å². The molecular formula is C12H16N2O3S. The minimum atomic E-state index is -3.27. The number of carbonyl (C=O) groups excluding carboxylic acids is 1. The zero-order valence-electron chi connectivity index (χ0n) is 10.4. The second kappa shape index (κ2) is 4.61. The summed E-state index contributed by atoms with van der Waals surface area (Å²) in [5, 5.41) is 0. The van der Waals surface area contributed by atoms with Gasteiger partial charge in [0.15, 0.2) is 0 Å². The van der Waals surface area contributed by atoms with Gasteiger partial charge in [-0.15, -0.1) is 0 Å². The largest absolute Gasteiger partial charge is 0.312 e. The van der Waals surface area contributed by atoms with Gasteiger partial charge in [-0.25, -0.2) is 8.42 Å². The van der Waals surface area contributed by atoms with Crippen LogP contribution in [-0.4, -0.2) is 27.1 Å². The van der Waals surface area contributed by atoms with Crippen molar-refractivity contribution in [2.45, 2.75) is 19.8 Å². The Morgan fingerprint density at radius 1 is 1.33 bits per heavy atom. The number of hydrogen-bond acceptors (Lipinski definition) is 3. The molecule has 1 heterocycles. The van der Waals surface area contributed by atoms with Crippen LogP contribution in [0.25, 0.3) is 0 Å². The molecule has 2 rings (SSSR count). The lowest BCUT2D eigenvalue weighted by molar-refractivity contribution is -0.117. The van der Waals surface area contributed by atoms with E-state index in [1.807, 2.05) is 6.92 Å². The highest BCUT2D eigenvalue weighted by Gasteiger charge is 2.22. The zero-order chi connectivity index (χ0) is 13.3. The highest BCUT2D eigenvalue weighted by molar-refractivity contribution is 7.92. The van der Waals surface area contributed by atoms with Crippen molar-refractivity contribution < 1.29 is 13.2 Å². The molecule has 1 aromatic carbocycles. The number of nitrogens with zero attached hydrogens (tertiary/aromatic N) is 1. The predicted octanol–water partition coefficient (Wildman–Crippen LogP) is 1.49. The molecule has 1 aromatic rings. The number of nitrogens with one attached hydrogen (secondary N) is 1. The van der Waals surface area contributed by atoms with Gasteiger partial charge in [0.2, 0.25) is 15.9 Å². The van der Waals surface area contributed by atoms with Crippen molar-refractivity contribution in [3.63, 3.8) is 0 Å². The second-order valence-electron chi connectivity index (χ2n) is 4.52. The van der Waals surface area contributed by atoms with Gasteiger partial charge in [-0.3, -0.25) is 9.52 Å². The first-order valence-electron chi connectivity index (χ1n) is 5.75. The maximum absolute atomic E-state index is 11.7. The summed E-state index contributed by atoms with van der Waals surface area (Å²) in [6.07, 6.45) is 2.57. The van der Waals surface area contributed by atoms with Gasteiger partial charge in [-0.05, 0) is 37.1 Å². The second-order valence-corrected chi connectivity index (χ2v) is 6.27. The van der Waals surface area contributed by atoms with Gasteiger partial charge < -0.3 is 4.90 Å². The molecule has 18 heavy (non-hydrogen) atoms. The Hall–Kier alpha value is -1.56. The van der Waals surface area contributed by atoms with Crippen LogP contribution in [0.2, 0.25) is 0 Å². The maximum Gasteiger partial charge on any atom is 0.229 e. The molecule has 1 aliphatic heterocycles. The molecule has 0 radical (unpaired) electrons. The van der Waals surface area contributed by atoms with Crippen molar-refractivity contribution in [3.05, 3.63) is 23.8 Å². The summed E-state index contributed by atoms with van der Waals surface area (Å²) in [6.45, 7) is 2.60. The van der Waals surface area contributed by atoms with E-state index in [9.17, 15) is 13.2 Å². The minimum absolute atomic E-state index is 0.127. The van der Waals surface area contributed by atoms with Crippen molar-refractivity contribution in [2.24, 2.45) is 0 Å². The molecule has 0 atom stereocenters. The predicted molar refractivity (Wildman–Crippen MR) is 71.2 cm³/mol. The summed E-state index contributed by atoms with van der Waals surface area (Å²) in [5.41, 5.74) is 2.26. The highest BCUT2D eigenvalue weighted by atomic mass is 32.2. The van der Waals surface area contributed by atoms with Crippen molar-refractivity contribution in [3.8, 4) is 0 Å². The zero-order valence-corrected chi connectivity index (χ0v) is 11.3. The van der Waals surface area contributed by atoms with Gasteiger partial charge in [0, 0.05) is 24.3 Å². The van der Waals surface area contributed by atoms with Crippen LogP contribution in [0.4, 0.5) is 11.4 Å². The lowest BCUT2D eigenvalue weighted by Gasteiger charge is -2.19. The van der Waals surface area contributed by atoms with E-state index in [2.05, 4.69) is 4.72 Å². The van der Waals surface area contributed by atoms with E-state index >= 15 is 0 Å². The highest BCUT2D eigenvalue weighted by Crippen LogP contribution is 2.27. The van der Waals surface area contributed by atoms with E-state index in [1.54, 1.807) is 23.1 Å². The van der Waals surface area contributed by atoms with Crippen molar-refractivity contribution >= 4 is 27.3 Å².